The molecule has 0 atom stereocenters. The number of esters is 1. The molecule has 8 nitrogen and oxygen atoms in total. The summed E-state index contributed by atoms with van der Waals surface area (Å²) >= 11 is 0. The van der Waals surface area contributed by atoms with Gasteiger partial charge in [-0.15, -0.1) is 0 Å². The number of benzene rings is 2. The van der Waals surface area contributed by atoms with Crippen molar-refractivity contribution in [3.63, 3.8) is 0 Å². The van der Waals surface area contributed by atoms with Gasteiger partial charge >= 0.3 is 13.1 Å². The van der Waals surface area contributed by atoms with Crippen molar-refractivity contribution >= 4 is 30.1 Å². The summed E-state index contributed by atoms with van der Waals surface area (Å²) in [4.78, 5) is 39.8. The van der Waals surface area contributed by atoms with Gasteiger partial charge in [-0.1, -0.05) is 24.3 Å². The first-order chi connectivity index (χ1) is 18.4. The summed E-state index contributed by atoms with van der Waals surface area (Å²) in [6.07, 6.45) is 2.99. The standard InChI is InChI=1S/C29H30BFN2O6/c1-28(2)29(3,4)39-30(38-28)18-8-12-20(13-9-18)32-26(35)22-16-33(21-14-15-21)24(27(36)37-5)23(25(22)34)17-6-10-19(31)11-7-17/h6-13,16,21H,14-15H2,1-5H3,(H,32,35). The summed E-state index contributed by atoms with van der Waals surface area (Å²) in [6, 6.07) is 12.2. The molecule has 1 aliphatic heterocycles. The number of hydrogen-bond donors (Lipinski definition) is 1. The monoisotopic (exact) mass is 532 g/mol. The van der Waals surface area contributed by atoms with E-state index < -0.39 is 41.4 Å². The molecule has 0 bridgehead atoms. The number of aromatic nitrogens is 1. The third kappa shape index (κ3) is 5.02. The molecule has 1 saturated carbocycles. The Morgan fingerprint density at radius 3 is 2.13 bits per heavy atom. The molecule has 2 aromatic carbocycles. The second kappa shape index (κ2) is 9.77. The van der Waals surface area contributed by atoms with E-state index in [0.717, 1.165) is 18.3 Å². The van der Waals surface area contributed by atoms with Crippen LogP contribution in [0.1, 0.15) is 67.4 Å². The maximum Gasteiger partial charge on any atom is 0.494 e. The van der Waals surface area contributed by atoms with E-state index in [-0.39, 0.29) is 22.9 Å². The highest BCUT2D eigenvalue weighted by molar-refractivity contribution is 6.62. The summed E-state index contributed by atoms with van der Waals surface area (Å²) in [7, 11) is 0.682. The molecule has 1 N–H and O–H groups in total. The van der Waals surface area contributed by atoms with Crippen LogP contribution in [0.15, 0.2) is 59.5 Å². The topological polar surface area (TPSA) is 95.9 Å². The van der Waals surface area contributed by atoms with E-state index in [1.165, 1.54) is 37.6 Å². The van der Waals surface area contributed by atoms with E-state index >= 15 is 0 Å². The van der Waals surface area contributed by atoms with Gasteiger partial charge in [-0.2, -0.15) is 0 Å². The summed E-state index contributed by atoms with van der Waals surface area (Å²) in [6.45, 7) is 7.90. The van der Waals surface area contributed by atoms with Crippen LogP contribution in [0, 0.1) is 5.82 Å². The normalized spacial score (nSPS) is 17.6. The molecular weight excluding hydrogens is 502 g/mol. The smallest absolute Gasteiger partial charge is 0.464 e. The third-order valence-corrected chi connectivity index (χ3v) is 7.63. The average molecular weight is 532 g/mol. The van der Waals surface area contributed by atoms with Crippen LogP contribution in [0.2, 0.25) is 0 Å². The van der Waals surface area contributed by atoms with Gasteiger partial charge in [0.25, 0.3) is 5.91 Å². The maximum atomic E-state index is 13.7. The van der Waals surface area contributed by atoms with Gasteiger partial charge in [0.05, 0.1) is 23.9 Å². The molecule has 39 heavy (non-hydrogen) atoms. The van der Waals surface area contributed by atoms with Crippen molar-refractivity contribution in [3.8, 4) is 11.1 Å². The number of methoxy groups -OCH3 is 1. The number of carbonyl (C=O) groups excluding carboxylic acids is 2. The van der Waals surface area contributed by atoms with Gasteiger partial charge in [0, 0.05) is 17.9 Å². The highest BCUT2D eigenvalue weighted by Gasteiger charge is 2.51. The lowest BCUT2D eigenvalue weighted by Crippen LogP contribution is -2.41. The van der Waals surface area contributed by atoms with Crippen LogP contribution >= 0.6 is 0 Å². The van der Waals surface area contributed by atoms with Gasteiger partial charge < -0.3 is 23.9 Å². The van der Waals surface area contributed by atoms with Gasteiger partial charge in [0.1, 0.15) is 17.1 Å². The van der Waals surface area contributed by atoms with Crippen LogP contribution < -0.4 is 16.2 Å². The number of carbonyl (C=O) groups is 2. The lowest BCUT2D eigenvalue weighted by Gasteiger charge is -2.32. The lowest BCUT2D eigenvalue weighted by molar-refractivity contribution is 0.00578. The van der Waals surface area contributed by atoms with E-state index in [1.54, 1.807) is 28.8 Å². The molecule has 0 unspecified atom stereocenters. The van der Waals surface area contributed by atoms with Gasteiger partial charge in [-0.05, 0) is 75.8 Å². The van der Waals surface area contributed by atoms with Crippen molar-refractivity contribution in [2.75, 3.05) is 12.4 Å². The molecule has 1 aromatic heterocycles. The second-order valence-corrected chi connectivity index (χ2v) is 10.9. The number of pyridine rings is 1. The Morgan fingerprint density at radius 2 is 1.59 bits per heavy atom. The number of amides is 1. The zero-order valence-electron chi connectivity index (χ0n) is 22.5. The van der Waals surface area contributed by atoms with Gasteiger partial charge in [-0.25, -0.2) is 9.18 Å². The van der Waals surface area contributed by atoms with Gasteiger partial charge in [-0.3, -0.25) is 9.59 Å². The molecule has 0 radical (unpaired) electrons. The Labute approximate surface area is 226 Å². The average Bonchev–Trinajstić information content (AvgIpc) is 3.70. The first kappa shape index (κ1) is 26.8. The van der Waals surface area contributed by atoms with Gasteiger partial charge in [0.2, 0.25) is 5.43 Å². The van der Waals surface area contributed by atoms with Gasteiger partial charge in [0.15, 0.2) is 0 Å². The Morgan fingerprint density at radius 1 is 1.00 bits per heavy atom. The number of anilines is 1. The summed E-state index contributed by atoms with van der Waals surface area (Å²) < 4.78 is 32.4. The molecule has 3 aromatic rings. The van der Waals surface area contributed by atoms with Crippen LogP contribution in [0.25, 0.3) is 11.1 Å². The van der Waals surface area contributed by atoms with Crippen molar-refractivity contribution in [1.82, 2.24) is 4.57 Å². The van der Waals surface area contributed by atoms with E-state index in [1.807, 2.05) is 27.7 Å². The van der Waals surface area contributed by atoms with Crippen LogP contribution in [0.4, 0.5) is 10.1 Å². The minimum absolute atomic E-state index is 0.00231. The molecule has 5 rings (SSSR count). The summed E-state index contributed by atoms with van der Waals surface area (Å²) in [5, 5.41) is 2.78. The van der Waals surface area contributed by atoms with Crippen LogP contribution in [-0.4, -0.2) is 41.9 Å². The van der Waals surface area contributed by atoms with Crippen LogP contribution in [-0.2, 0) is 14.0 Å². The Kier molecular flexibility index (Phi) is 6.72. The zero-order chi connectivity index (χ0) is 28.1. The molecule has 10 heteroatoms. The second-order valence-electron chi connectivity index (χ2n) is 10.9. The fourth-order valence-corrected chi connectivity index (χ4v) is 4.53. The SMILES string of the molecule is COC(=O)c1c(-c2ccc(F)cc2)c(=O)c(C(=O)Nc2ccc(B3OC(C)(C)C(C)(C)O3)cc2)cn1C1CC1. The molecular formula is C29H30BFN2O6. The Hall–Kier alpha value is -3.76. The van der Waals surface area contributed by atoms with Crippen molar-refractivity contribution in [2.24, 2.45) is 0 Å². The molecule has 1 aliphatic carbocycles. The number of halogens is 1. The van der Waals surface area contributed by atoms with Crippen LogP contribution in [0.5, 0.6) is 0 Å². The predicted molar refractivity (Wildman–Crippen MR) is 146 cm³/mol. The highest BCUT2D eigenvalue weighted by Crippen LogP contribution is 2.38. The lowest BCUT2D eigenvalue weighted by atomic mass is 9.79. The van der Waals surface area contributed by atoms with Crippen LogP contribution in [0.3, 0.4) is 0 Å². The predicted octanol–water partition coefficient (Wildman–Crippen LogP) is 4.33. The number of nitrogens with one attached hydrogen (secondary N) is 1. The minimum atomic E-state index is -0.705. The first-order valence-corrected chi connectivity index (χ1v) is 12.8. The Bertz CT molecular complexity index is 1480. The zero-order valence-corrected chi connectivity index (χ0v) is 22.5. The van der Waals surface area contributed by atoms with Crippen molar-refractivity contribution in [1.29, 1.82) is 0 Å². The molecule has 2 fully saturated rings. The molecule has 2 aliphatic rings. The van der Waals surface area contributed by atoms with E-state index in [2.05, 4.69) is 5.32 Å². The molecule has 1 amide bonds. The molecule has 1 saturated heterocycles. The van der Waals surface area contributed by atoms with Crippen molar-refractivity contribution < 1.29 is 28.0 Å². The van der Waals surface area contributed by atoms with Crippen molar-refractivity contribution in [2.45, 2.75) is 57.8 Å². The maximum absolute atomic E-state index is 13.7. The Balaban J connectivity index is 1.48. The third-order valence-electron chi connectivity index (χ3n) is 7.63. The fraction of sp³-hybridized carbons (Fsp3) is 0.345. The quantitative estimate of drug-likeness (QED) is 0.375. The molecule has 202 valence electrons. The number of ether oxygens (including phenoxy) is 1. The summed E-state index contributed by atoms with van der Waals surface area (Å²) in [5.41, 5.74) is -0.124. The highest BCUT2D eigenvalue weighted by atomic mass is 19.1. The number of rotatable bonds is 6. The fourth-order valence-electron chi connectivity index (χ4n) is 4.53. The first-order valence-electron chi connectivity index (χ1n) is 12.8. The van der Waals surface area contributed by atoms with E-state index in [0.29, 0.717) is 11.3 Å². The molecule has 2 heterocycles. The largest absolute Gasteiger partial charge is 0.494 e. The van der Waals surface area contributed by atoms with E-state index in [9.17, 15) is 18.8 Å². The molecule has 0 spiro atoms. The summed E-state index contributed by atoms with van der Waals surface area (Å²) in [5.74, 6) is -1.82. The minimum Gasteiger partial charge on any atom is -0.464 e. The van der Waals surface area contributed by atoms with Crippen molar-refractivity contribution in [3.05, 3.63) is 82.0 Å². The number of hydrogen-bond acceptors (Lipinski definition) is 6. The number of nitrogens with zero attached hydrogens (tertiary/aromatic N) is 1. The van der Waals surface area contributed by atoms with E-state index in [4.69, 9.17) is 14.0 Å².